The average Bonchev–Trinajstić information content (AvgIpc) is 3.26. The van der Waals surface area contributed by atoms with Gasteiger partial charge in [0, 0.05) is 37.4 Å². The summed E-state index contributed by atoms with van der Waals surface area (Å²) in [7, 11) is 0. The Morgan fingerprint density at radius 3 is 2.62 bits per heavy atom. The number of aryl methyl sites for hydroxylation is 2. The second-order valence-corrected chi connectivity index (χ2v) is 7.67. The topological polar surface area (TPSA) is 70.1 Å². The first-order valence-corrected chi connectivity index (χ1v) is 10.2. The smallest absolute Gasteiger partial charge is 0.271 e. The van der Waals surface area contributed by atoms with Gasteiger partial charge < -0.3 is 4.90 Å². The standard InChI is InChI=1S/C22H28N6O/c1-17-15-18(2)28(25-17)14-12-26-9-6-10-27(13-11-26)22(29)21-16-20(23-24-21)19-7-4-3-5-8-19/h3-5,7-8,15-16H,6,9-14H2,1-2H3,(H,23,24). The van der Waals surface area contributed by atoms with Gasteiger partial charge in [-0.15, -0.1) is 0 Å². The Hall–Kier alpha value is -2.93. The van der Waals surface area contributed by atoms with Gasteiger partial charge in [-0.05, 0) is 38.9 Å². The molecule has 1 saturated heterocycles. The fourth-order valence-corrected chi connectivity index (χ4v) is 3.89. The number of aromatic nitrogens is 4. The highest BCUT2D eigenvalue weighted by molar-refractivity contribution is 5.93. The fraction of sp³-hybridized carbons (Fsp3) is 0.409. The number of nitrogens with one attached hydrogen (secondary N) is 1. The third kappa shape index (κ3) is 4.56. The van der Waals surface area contributed by atoms with Crippen molar-refractivity contribution in [2.45, 2.75) is 26.8 Å². The van der Waals surface area contributed by atoms with Crippen molar-refractivity contribution in [2.75, 3.05) is 32.7 Å². The summed E-state index contributed by atoms with van der Waals surface area (Å²) in [5.74, 6) is 0.0278. The number of amides is 1. The van der Waals surface area contributed by atoms with Crippen LogP contribution in [0.15, 0.2) is 42.5 Å². The van der Waals surface area contributed by atoms with Crippen molar-refractivity contribution < 1.29 is 4.79 Å². The molecule has 2 aromatic heterocycles. The summed E-state index contributed by atoms with van der Waals surface area (Å²) in [5.41, 5.74) is 4.62. The molecule has 1 aliphatic heterocycles. The lowest BCUT2D eigenvalue weighted by Gasteiger charge is -2.21. The van der Waals surface area contributed by atoms with Gasteiger partial charge in [-0.1, -0.05) is 30.3 Å². The number of H-pyrrole nitrogens is 1. The Morgan fingerprint density at radius 2 is 1.86 bits per heavy atom. The molecule has 3 heterocycles. The van der Waals surface area contributed by atoms with Gasteiger partial charge in [0.1, 0.15) is 5.69 Å². The lowest BCUT2D eigenvalue weighted by molar-refractivity contribution is 0.0755. The molecule has 3 aromatic rings. The van der Waals surface area contributed by atoms with Crippen molar-refractivity contribution in [1.82, 2.24) is 29.8 Å². The predicted octanol–water partition coefficient (Wildman–Crippen LogP) is 2.74. The molecule has 0 unspecified atom stereocenters. The van der Waals surface area contributed by atoms with E-state index in [1.807, 2.05) is 48.2 Å². The van der Waals surface area contributed by atoms with Crippen LogP contribution in [0.3, 0.4) is 0 Å². The molecule has 7 nitrogen and oxygen atoms in total. The van der Waals surface area contributed by atoms with Gasteiger partial charge in [0.2, 0.25) is 0 Å². The van der Waals surface area contributed by atoms with E-state index in [4.69, 9.17) is 0 Å². The molecule has 1 N–H and O–H groups in total. The first-order chi connectivity index (χ1) is 14.1. The van der Waals surface area contributed by atoms with E-state index < -0.39 is 0 Å². The van der Waals surface area contributed by atoms with Crippen molar-refractivity contribution in [2.24, 2.45) is 0 Å². The van der Waals surface area contributed by atoms with Crippen molar-refractivity contribution in [3.8, 4) is 11.3 Å². The molecule has 0 aliphatic carbocycles. The van der Waals surface area contributed by atoms with E-state index in [0.29, 0.717) is 5.69 Å². The predicted molar refractivity (Wildman–Crippen MR) is 113 cm³/mol. The Bertz CT molecular complexity index is 961. The summed E-state index contributed by atoms with van der Waals surface area (Å²) in [5, 5.41) is 11.8. The maximum Gasteiger partial charge on any atom is 0.271 e. The highest BCUT2D eigenvalue weighted by atomic mass is 16.2. The monoisotopic (exact) mass is 392 g/mol. The molecule has 152 valence electrons. The first-order valence-electron chi connectivity index (χ1n) is 10.2. The summed E-state index contributed by atoms with van der Waals surface area (Å²) in [6, 6.07) is 13.9. The number of carbonyl (C=O) groups excluding carboxylic acids is 1. The molecular formula is C22H28N6O. The van der Waals surface area contributed by atoms with Crippen LogP contribution in [-0.2, 0) is 6.54 Å². The van der Waals surface area contributed by atoms with Gasteiger partial charge in [-0.25, -0.2) is 0 Å². The highest BCUT2D eigenvalue weighted by Crippen LogP contribution is 2.18. The van der Waals surface area contributed by atoms with Crippen molar-refractivity contribution >= 4 is 5.91 Å². The normalized spacial score (nSPS) is 15.4. The second-order valence-electron chi connectivity index (χ2n) is 7.67. The molecule has 1 aliphatic rings. The SMILES string of the molecule is Cc1cc(C)n(CCN2CCCN(C(=O)c3cc(-c4ccccc4)n[nH]3)CC2)n1. The van der Waals surface area contributed by atoms with Gasteiger partial charge in [0.05, 0.1) is 17.9 Å². The molecule has 7 heteroatoms. The summed E-state index contributed by atoms with van der Waals surface area (Å²) >= 11 is 0. The molecule has 0 spiro atoms. The number of aromatic amines is 1. The maximum absolute atomic E-state index is 13.0. The minimum absolute atomic E-state index is 0.0278. The zero-order valence-corrected chi connectivity index (χ0v) is 17.1. The van der Waals surface area contributed by atoms with Crippen LogP contribution in [0, 0.1) is 13.8 Å². The van der Waals surface area contributed by atoms with Crippen LogP contribution in [0.2, 0.25) is 0 Å². The molecule has 1 aromatic carbocycles. The Balaban J connectivity index is 1.34. The van der Waals surface area contributed by atoms with E-state index in [2.05, 4.69) is 37.9 Å². The summed E-state index contributed by atoms with van der Waals surface area (Å²) in [6.07, 6.45) is 0.975. The number of hydrogen-bond donors (Lipinski definition) is 1. The van der Waals surface area contributed by atoms with Crippen LogP contribution in [0.5, 0.6) is 0 Å². The molecule has 0 bridgehead atoms. The molecule has 4 rings (SSSR count). The minimum Gasteiger partial charge on any atom is -0.336 e. The van der Waals surface area contributed by atoms with Gasteiger partial charge in [-0.3, -0.25) is 19.5 Å². The van der Waals surface area contributed by atoms with Crippen LogP contribution in [0.1, 0.15) is 28.3 Å². The zero-order chi connectivity index (χ0) is 20.2. The number of benzene rings is 1. The zero-order valence-electron chi connectivity index (χ0n) is 17.1. The van der Waals surface area contributed by atoms with E-state index in [1.54, 1.807) is 0 Å². The number of rotatable bonds is 5. The molecular weight excluding hydrogens is 364 g/mol. The van der Waals surface area contributed by atoms with Gasteiger partial charge in [0.15, 0.2) is 0 Å². The Morgan fingerprint density at radius 1 is 1.03 bits per heavy atom. The Labute approximate surface area is 171 Å². The number of hydrogen-bond acceptors (Lipinski definition) is 4. The molecule has 29 heavy (non-hydrogen) atoms. The fourth-order valence-electron chi connectivity index (χ4n) is 3.89. The maximum atomic E-state index is 13.0. The van der Waals surface area contributed by atoms with E-state index in [-0.39, 0.29) is 5.91 Å². The van der Waals surface area contributed by atoms with E-state index >= 15 is 0 Å². The van der Waals surface area contributed by atoms with Gasteiger partial charge in [0.25, 0.3) is 5.91 Å². The van der Waals surface area contributed by atoms with Crippen LogP contribution in [0.25, 0.3) is 11.3 Å². The minimum atomic E-state index is 0.0278. The summed E-state index contributed by atoms with van der Waals surface area (Å²) in [6.45, 7) is 9.34. The van der Waals surface area contributed by atoms with E-state index in [1.165, 1.54) is 5.69 Å². The van der Waals surface area contributed by atoms with Crippen molar-refractivity contribution in [3.63, 3.8) is 0 Å². The quantitative estimate of drug-likeness (QED) is 0.725. The van der Waals surface area contributed by atoms with Crippen LogP contribution >= 0.6 is 0 Å². The third-order valence-electron chi connectivity index (χ3n) is 5.48. The lowest BCUT2D eigenvalue weighted by Crippen LogP contribution is -2.36. The van der Waals surface area contributed by atoms with E-state index in [9.17, 15) is 4.79 Å². The molecule has 0 atom stereocenters. The molecule has 1 fully saturated rings. The van der Waals surface area contributed by atoms with Crippen molar-refractivity contribution in [3.05, 3.63) is 59.5 Å². The Kier molecular flexibility index (Phi) is 5.76. The number of nitrogens with zero attached hydrogens (tertiary/aromatic N) is 5. The van der Waals surface area contributed by atoms with Crippen LogP contribution < -0.4 is 0 Å². The lowest BCUT2D eigenvalue weighted by atomic mass is 10.1. The van der Waals surface area contributed by atoms with E-state index in [0.717, 1.165) is 62.6 Å². The average molecular weight is 393 g/mol. The van der Waals surface area contributed by atoms with Gasteiger partial charge >= 0.3 is 0 Å². The first kappa shape index (κ1) is 19.4. The van der Waals surface area contributed by atoms with Crippen molar-refractivity contribution in [1.29, 1.82) is 0 Å². The summed E-state index contributed by atoms with van der Waals surface area (Å²) in [4.78, 5) is 17.3. The second kappa shape index (κ2) is 8.61. The molecule has 1 amide bonds. The summed E-state index contributed by atoms with van der Waals surface area (Å²) < 4.78 is 2.07. The van der Waals surface area contributed by atoms with Crippen LogP contribution in [0.4, 0.5) is 0 Å². The molecule has 0 saturated carbocycles. The van der Waals surface area contributed by atoms with Gasteiger partial charge in [-0.2, -0.15) is 10.2 Å². The largest absolute Gasteiger partial charge is 0.336 e. The third-order valence-corrected chi connectivity index (χ3v) is 5.48. The number of carbonyl (C=O) groups is 1. The van der Waals surface area contributed by atoms with Crippen LogP contribution in [-0.4, -0.2) is 68.4 Å². The molecule has 0 radical (unpaired) electrons. The highest BCUT2D eigenvalue weighted by Gasteiger charge is 2.22.